The Labute approximate surface area is 78.6 Å². The molecule has 2 aliphatic carbocycles. The first kappa shape index (κ1) is 7.86. The Morgan fingerprint density at radius 1 is 1.23 bits per heavy atom. The van der Waals surface area contributed by atoms with Gasteiger partial charge in [0, 0.05) is 6.42 Å². The van der Waals surface area contributed by atoms with Gasteiger partial charge in [-0.1, -0.05) is 0 Å². The summed E-state index contributed by atoms with van der Waals surface area (Å²) in [4.78, 5) is 0. The number of rotatable bonds is 3. The van der Waals surface area contributed by atoms with Gasteiger partial charge in [0.25, 0.3) is 0 Å². The zero-order valence-corrected chi connectivity index (χ0v) is 7.83. The van der Waals surface area contributed by atoms with E-state index in [0.29, 0.717) is 11.8 Å². The van der Waals surface area contributed by atoms with Crippen molar-refractivity contribution in [1.82, 2.24) is 0 Å². The fourth-order valence-electron chi connectivity index (χ4n) is 2.59. The van der Waals surface area contributed by atoms with Gasteiger partial charge < -0.3 is 9.84 Å². The Bertz CT molecular complexity index is 237. The van der Waals surface area contributed by atoms with E-state index in [-0.39, 0.29) is 0 Å². The average molecular weight is 180 g/mol. The average Bonchev–Trinajstić information content (AvgIpc) is 3.01. The van der Waals surface area contributed by atoms with Gasteiger partial charge in [0.05, 0.1) is 18.5 Å². The van der Waals surface area contributed by atoms with E-state index in [1.807, 2.05) is 6.26 Å². The lowest BCUT2D eigenvalue weighted by atomic mass is 9.83. The second-order valence-corrected chi connectivity index (χ2v) is 4.64. The molecule has 1 aliphatic heterocycles. The highest BCUT2D eigenvalue weighted by Gasteiger charge is 2.55. The van der Waals surface area contributed by atoms with Crippen molar-refractivity contribution in [3.8, 4) is 0 Å². The predicted octanol–water partition coefficient (Wildman–Crippen LogP) is 1.84. The molecule has 0 saturated heterocycles. The minimum absolute atomic E-state index is 0.462. The van der Waals surface area contributed by atoms with Crippen molar-refractivity contribution in [2.24, 2.45) is 11.8 Å². The van der Waals surface area contributed by atoms with E-state index in [1.165, 1.54) is 31.3 Å². The molecule has 0 atom stereocenters. The van der Waals surface area contributed by atoms with E-state index in [1.54, 1.807) is 0 Å². The van der Waals surface area contributed by atoms with Crippen LogP contribution in [0.15, 0.2) is 11.8 Å². The minimum Gasteiger partial charge on any atom is -0.501 e. The number of hydrogen-bond donors (Lipinski definition) is 1. The Kier molecular flexibility index (Phi) is 1.51. The molecule has 1 N–H and O–H groups in total. The Morgan fingerprint density at radius 3 is 2.23 bits per heavy atom. The second kappa shape index (κ2) is 2.50. The summed E-state index contributed by atoms with van der Waals surface area (Å²) in [7, 11) is 0. The van der Waals surface area contributed by atoms with E-state index >= 15 is 0 Å². The van der Waals surface area contributed by atoms with Gasteiger partial charge in [-0.05, 0) is 43.1 Å². The lowest BCUT2D eigenvalue weighted by Crippen LogP contribution is -2.36. The molecule has 0 amide bonds. The van der Waals surface area contributed by atoms with Crippen molar-refractivity contribution in [2.45, 2.75) is 37.7 Å². The van der Waals surface area contributed by atoms with Crippen LogP contribution in [0, 0.1) is 11.8 Å². The standard InChI is InChI=1S/C11H16O2/c12-11(8-1-2-8,9-3-4-9)10-5-6-13-7-10/h7-9,12H,1-6H2. The van der Waals surface area contributed by atoms with Crippen LogP contribution in [-0.2, 0) is 4.74 Å². The molecule has 13 heavy (non-hydrogen) atoms. The van der Waals surface area contributed by atoms with Gasteiger partial charge in [-0.3, -0.25) is 0 Å². The van der Waals surface area contributed by atoms with Crippen LogP contribution in [0.5, 0.6) is 0 Å². The fourth-order valence-corrected chi connectivity index (χ4v) is 2.59. The summed E-state index contributed by atoms with van der Waals surface area (Å²) in [6, 6.07) is 0. The molecule has 72 valence electrons. The van der Waals surface area contributed by atoms with Crippen molar-refractivity contribution in [3.05, 3.63) is 11.8 Å². The summed E-state index contributed by atoms with van der Waals surface area (Å²) >= 11 is 0. The molecule has 0 unspecified atom stereocenters. The third kappa shape index (κ3) is 1.12. The molecule has 2 nitrogen and oxygen atoms in total. The van der Waals surface area contributed by atoms with Gasteiger partial charge in [-0.25, -0.2) is 0 Å². The number of hydrogen-bond acceptors (Lipinski definition) is 2. The zero-order valence-electron chi connectivity index (χ0n) is 7.83. The van der Waals surface area contributed by atoms with Crippen molar-refractivity contribution >= 4 is 0 Å². The topological polar surface area (TPSA) is 29.5 Å². The van der Waals surface area contributed by atoms with Gasteiger partial charge in [0.2, 0.25) is 0 Å². The van der Waals surface area contributed by atoms with E-state index in [2.05, 4.69) is 0 Å². The summed E-state index contributed by atoms with van der Waals surface area (Å²) in [6.45, 7) is 0.775. The molecule has 2 heteroatoms. The largest absolute Gasteiger partial charge is 0.501 e. The first-order valence-corrected chi connectivity index (χ1v) is 5.35. The molecule has 0 aromatic heterocycles. The van der Waals surface area contributed by atoms with Crippen LogP contribution in [0.3, 0.4) is 0 Å². The molecule has 2 fully saturated rings. The first-order chi connectivity index (χ1) is 6.32. The van der Waals surface area contributed by atoms with Crippen LogP contribution < -0.4 is 0 Å². The number of ether oxygens (including phenoxy) is 1. The van der Waals surface area contributed by atoms with Crippen molar-refractivity contribution in [2.75, 3.05) is 6.61 Å². The third-order valence-electron chi connectivity index (χ3n) is 3.63. The van der Waals surface area contributed by atoms with Crippen LogP contribution in [0.4, 0.5) is 0 Å². The molecule has 0 bridgehead atoms. The van der Waals surface area contributed by atoms with Gasteiger partial charge in [0.1, 0.15) is 0 Å². The molecule has 1 heterocycles. The van der Waals surface area contributed by atoms with Crippen molar-refractivity contribution < 1.29 is 9.84 Å². The van der Waals surface area contributed by atoms with Crippen molar-refractivity contribution in [1.29, 1.82) is 0 Å². The van der Waals surface area contributed by atoms with E-state index in [9.17, 15) is 5.11 Å². The maximum absolute atomic E-state index is 10.6. The lowest BCUT2D eigenvalue weighted by molar-refractivity contribution is 0.0302. The summed E-state index contributed by atoms with van der Waals surface area (Å²) in [5.41, 5.74) is 0.716. The molecule has 0 aromatic carbocycles. The Morgan fingerprint density at radius 2 is 1.85 bits per heavy atom. The Balaban J connectivity index is 1.87. The molecule has 0 radical (unpaired) electrons. The summed E-state index contributed by atoms with van der Waals surface area (Å²) in [6.07, 6.45) is 7.61. The van der Waals surface area contributed by atoms with Gasteiger partial charge in [0.15, 0.2) is 0 Å². The molecular weight excluding hydrogens is 164 g/mol. The van der Waals surface area contributed by atoms with Crippen LogP contribution in [0.25, 0.3) is 0 Å². The van der Waals surface area contributed by atoms with Crippen LogP contribution in [0.1, 0.15) is 32.1 Å². The second-order valence-electron chi connectivity index (χ2n) is 4.64. The normalized spacial score (nSPS) is 28.5. The van der Waals surface area contributed by atoms with E-state index in [4.69, 9.17) is 4.74 Å². The predicted molar refractivity (Wildman–Crippen MR) is 49.0 cm³/mol. The summed E-state index contributed by atoms with van der Waals surface area (Å²) < 4.78 is 5.24. The van der Waals surface area contributed by atoms with Gasteiger partial charge in [-0.2, -0.15) is 0 Å². The summed E-state index contributed by atoms with van der Waals surface area (Å²) in [5.74, 6) is 1.10. The van der Waals surface area contributed by atoms with Gasteiger partial charge in [-0.15, -0.1) is 0 Å². The lowest BCUT2D eigenvalue weighted by Gasteiger charge is -2.29. The minimum atomic E-state index is -0.462. The molecule has 3 aliphatic rings. The summed E-state index contributed by atoms with van der Waals surface area (Å²) in [5, 5.41) is 10.6. The Hall–Kier alpha value is -0.500. The van der Waals surface area contributed by atoms with Crippen LogP contribution in [-0.4, -0.2) is 17.3 Å². The fraction of sp³-hybridized carbons (Fsp3) is 0.818. The highest BCUT2D eigenvalue weighted by molar-refractivity contribution is 5.26. The maximum atomic E-state index is 10.6. The SMILES string of the molecule is OC(C1=COCC1)(C1CC1)C1CC1. The highest BCUT2D eigenvalue weighted by Crippen LogP contribution is 2.56. The maximum Gasteiger partial charge on any atom is 0.0946 e. The molecule has 3 rings (SSSR count). The van der Waals surface area contributed by atoms with E-state index in [0.717, 1.165) is 13.0 Å². The quantitative estimate of drug-likeness (QED) is 0.718. The number of aliphatic hydroxyl groups is 1. The third-order valence-corrected chi connectivity index (χ3v) is 3.63. The van der Waals surface area contributed by atoms with E-state index < -0.39 is 5.60 Å². The van der Waals surface area contributed by atoms with Gasteiger partial charge >= 0.3 is 0 Å². The molecule has 0 aromatic rings. The highest BCUT2D eigenvalue weighted by atomic mass is 16.5. The van der Waals surface area contributed by atoms with Crippen molar-refractivity contribution in [3.63, 3.8) is 0 Å². The monoisotopic (exact) mass is 180 g/mol. The molecule has 0 spiro atoms. The molecule has 2 saturated carbocycles. The smallest absolute Gasteiger partial charge is 0.0946 e. The first-order valence-electron chi connectivity index (χ1n) is 5.35. The van der Waals surface area contributed by atoms with Crippen LogP contribution in [0.2, 0.25) is 0 Å². The van der Waals surface area contributed by atoms with Crippen LogP contribution >= 0.6 is 0 Å². The molecular formula is C11H16O2. The zero-order chi connectivity index (χ0) is 8.89.